The second kappa shape index (κ2) is 4.47. The van der Waals surface area contributed by atoms with Crippen molar-refractivity contribution in [3.05, 3.63) is 0 Å². The van der Waals surface area contributed by atoms with Crippen molar-refractivity contribution >= 4 is 6.08 Å². The average molecular weight is 189 g/mol. The molecule has 0 heterocycles. The molecule has 1 saturated carbocycles. The minimum atomic E-state index is -3.19. The van der Waals surface area contributed by atoms with Crippen LogP contribution in [0.15, 0.2) is 4.99 Å². The first-order valence-corrected chi connectivity index (χ1v) is 4.63. The molecule has 0 radical (unpaired) electrons. The maximum Gasteiger partial charge on any atom is 0.354 e. The summed E-state index contributed by atoms with van der Waals surface area (Å²) < 4.78 is 26.1. The van der Waals surface area contributed by atoms with Gasteiger partial charge in [0.1, 0.15) is 0 Å². The minimum absolute atomic E-state index is 0.470. The molecule has 0 saturated heterocycles. The zero-order valence-corrected chi connectivity index (χ0v) is 7.43. The number of isocyanates is 1. The van der Waals surface area contributed by atoms with Crippen LogP contribution in [0.4, 0.5) is 8.78 Å². The van der Waals surface area contributed by atoms with Gasteiger partial charge in [-0.1, -0.05) is 25.7 Å². The highest BCUT2D eigenvalue weighted by atomic mass is 19.3. The van der Waals surface area contributed by atoms with Crippen molar-refractivity contribution in [3.63, 3.8) is 0 Å². The number of hydrogen-bond donors (Lipinski definition) is 0. The molecule has 13 heavy (non-hydrogen) atoms. The maximum absolute atomic E-state index is 13.1. The molecule has 0 aromatic rings. The highest BCUT2D eigenvalue weighted by molar-refractivity contribution is 5.33. The van der Waals surface area contributed by atoms with Crippen molar-refractivity contribution in [1.29, 1.82) is 0 Å². The molecule has 0 aromatic heterocycles. The van der Waals surface area contributed by atoms with E-state index in [1.807, 2.05) is 0 Å². The molecule has 0 spiro atoms. The number of nitrogens with zero attached hydrogens (tertiary/aromatic N) is 1. The summed E-state index contributed by atoms with van der Waals surface area (Å²) in [7, 11) is 0. The third kappa shape index (κ3) is 2.88. The monoisotopic (exact) mass is 189 g/mol. The van der Waals surface area contributed by atoms with E-state index in [1.54, 1.807) is 0 Å². The Labute approximate surface area is 76.0 Å². The summed E-state index contributed by atoms with van der Waals surface area (Å²) in [5.74, 6) is -0.753. The van der Waals surface area contributed by atoms with Gasteiger partial charge in [-0.05, 0) is 12.8 Å². The molecule has 0 amide bonds. The molecule has 1 aliphatic carbocycles. The van der Waals surface area contributed by atoms with Gasteiger partial charge >= 0.3 is 6.05 Å². The molecular weight excluding hydrogens is 176 g/mol. The van der Waals surface area contributed by atoms with Crippen LogP contribution < -0.4 is 0 Å². The van der Waals surface area contributed by atoms with Gasteiger partial charge in [-0.2, -0.15) is 8.78 Å². The molecule has 0 aliphatic heterocycles. The summed E-state index contributed by atoms with van der Waals surface area (Å²) in [5.41, 5.74) is 0. The first-order chi connectivity index (χ1) is 6.17. The van der Waals surface area contributed by atoms with Gasteiger partial charge in [0.25, 0.3) is 0 Å². The summed E-state index contributed by atoms with van der Waals surface area (Å²) in [6, 6.07) is -3.19. The Balaban J connectivity index is 2.61. The normalized spacial score (nSPS) is 20.5. The quantitative estimate of drug-likeness (QED) is 0.284. The zero-order valence-electron chi connectivity index (χ0n) is 7.43. The van der Waals surface area contributed by atoms with Gasteiger partial charge in [0.05, 0.1) is 0 Å². The topological polar surface area (TPSA) is 29.4 Å². The predicted octanol–water partition coefficient (Wildman–Crippen LogP) is 2.89. The summed E-state index contributed by atoms with van der Waals surface area (Å²) in [5, 5.41) is 0. The van der Waals surface area contributed by atoms with E-state index in [0.29, 0.717) is 12.8 Å². The first kappa shape index (κ1) is 10.3. The molecule has 1 aliphatic rings. The molecule has 0 unspecified atom stereocenters. The van der Waals surface area contributed by atoms with Crippen molar-refractivity contribution < 1.29 is 13.6 Å². The van der Waals surface area contributed by atoms with Crippen molar-refractivity contribution in [3.8, 4) is 0 Å². The molecule has 2 nitrogen and oxygen atoms in total. The van der Waals surface area contributed by atoms with Crippen molar-refractivity contribution in [1.82, 2.24) is 0 Å². The van der Waals surface area contributed by atoms with Crippen LogP contribution in [0.3, 0.4) is 0 Å². The fourth-order valence-corrected chi connectivity index (χ4v) is 1.78. The van der Waals surface area contributed by atoms with Crippen LogP contribution in [-0.2, 0) is 4.79 Å². The summed E-state index contributed by atoms with van der Waals surface area (Å²) in [4.78, 5) is 12.4. The van der Waals surface area contributed by atoms with Crippen LogP contribution in [0.1, 0.15) is 38.5 Å². The van der Waals surface area contributed by atoms with E-state index in [0.717, 1.165) is 31.8 Å². The Kier molecular flexibility index (Phi) is 3.55. The van der Waals surface area contributed by atoms with Crippen molar-refractivity contribution in [2.45, 2.75) is 44.6 Å². The van der Waals surface area contributed by atoms with Gasteiger partial charge in [0.15, 0.2) is 0 Å². The molecule has 4 heteroatoms. The SMILES string of the molecule is O=C=NC(F)(F)C1CCCCCC1. The van der Waals surface area contributed by atoms with E-state index >= 15 is 0 Å². The van der Waals surface area contributed by atoms with Crippen LogP contribution in [0, 0.1) is 5.92 Å². The number of rotatable bonds is 2. The number of alkyl halides is 2. The maximum atomic E-state index is 13.1. The number of halogens is 2. The van der Waals surface area contributed by atoms with E-state index in [2.05, 4.69) is 4.99 Å². The largest absolute Gasteiger partial charge is 0.354 e. The second-order valence-electron chi connectivity index (χ2n) is 3.48. The van der Waals surface area contributed by atoms with Gasteiger partial charge in [-0.3, -0.25) is 0 Å². The average Bonchev–Trinajstić information content (AvgIpc) is 2.31. The third-order valence-corrected chi connectivity index (χ3v) is 2.54. The Morgan fingerprint density at radius 2 is 1.69 bits per heavy atom. The highest BCUT2D eigenvalue weighted by Crippen LogP contribution is 2.36. The molecule has 0 N–H and O–H groups in total. The summed E-state index contributed by atoms with van der Waals surface area (Å²) in [6.45, 7) is 0. The van der Waals surface area contributed by atoms with Crippen LogP contribution in [-0.4, -0.2) is 12.1 Å². The molecule has 1 rings (SSSR count). The van der Waals surface area contributed by atoms with E-state index in [-0.39, 0.29) is 0 Å². The molecule has 0 aromatic carbocycles. The predicted molar refractivity (Wildman–Crippen MR) is 44.3 cm³/mol. The third-order valence-electron chi connectivity index (χ3n) is 2.54. The fraction of sp³-hybridized carbons (Fsp3) is 0.889. The van der Waals surface area contributed by atoms with Gasteiger partial charge in [-0.15, -0.1) is 4.99 Å². The second-order valence-corrected chi connectivity index (χ2v) is 3.48. The standard InChI is InChI=1S/C9H13F2NO/c10-9(11,12-7-13)8-5-3-1-2-4-6-8/h8H,1-6H2. The van der Waals surface area contributed by atoms with Crippen molar-refractivity contribution in [2.75, 3.05) is 0 Å². The van der Waals surface area contributed by atoms with Gasteiger partial charge < -0.3 is 0 Å². The Morgan fingerprint density at radius 3 is 2.15 bits per heavy atom. The number of hydrogen-bond acceptors (Lipinski definition) is 2. The Morgan fingerprint density at radius 1 is 1.15 bits per heavy atom. The van der Waals surface area contributed by atoms with E-state index < -0.39 is 12.0 Å². The van der Waals surface area contributed by atoms with Crippen LogP contribution in [0.5, 0.6) is 0 Å². The summed E-state index contributed by atoms with van der Waals surface area (Å²) in [6.07, 6.45) is 5.54. The van der Waals surface area contributed by atoms with E-state index in [1.165, 1.54) is 0 Å². The fourth-order valence-electron chi connectivity index (χ4n) is 1.78. The van der Waals surface area contributed by atoms with E-state index in [9.17, 15) is 13.6 Å². The molecule has 0 atom stereocenters. The molecule has 74 valence electrons. The van der Waals surface area contributed by atoms with Crippen molar-refractivity contribution in [2.24, 2.45) is 10.9 Å². The van der Waals surface area contributed by atoms with Crippen LogP contribution in [0.2, 0.25) is 0 Å². The van der Waals surface area contributed by atoms with Gasteiger partial charge in [0, 0.05) is 5.92 Å². The lowest BCUT2D eigenvalue weighted by atomic mass is 9.98. The first-order valence-electron chi connectivity index (χ1n) is 4.63. The molecule has 1 fully saturated rings. The van der Waals surface area contributed by atoms with Crippen LogP contribution >= 0.6 is 0 Å². The lowest BCUT2D eigenvalue weighted by molar-refractivity contribution is -0.0545. The highest BCUT2D eigenvalue weighted by Gasteiger charge is 2.39. The number of carbonyl (C=O) groups excluding carboxylic acids is 1. The molecule has 0 bridgehead atoms. The Bertz CT molecular complexity index is 204. The molecular formula is C9H13F2NO. The van der Waals surface area contributed by atoms with Gasteiger partial charge in [0.2, 0.25) is 6.08 Å². The zero-order chi connectivity index (χ0) is 9.73. The van der Waals surface area contributed by atoms with Crippen LogP contribution in [0.25, 0.3) is 0 Å². The lowest BCUT2D eigenvalue weighted by Crippen LogP contribution is -2.25. The lowest BCUT2D eigenvalue weighted by Gasteiger charge is -2.19. The van der Waals surface area contributed by atoms with Gasteiger partial charge in [-0.25, -0.2) is 4.79 Å². The Hall–Kier alpha value is -0.760. The smallest absolute Gasteiger partial charge is 0.211 e. The minimum Gasteiger partial charge on any atom is -0.211 e. The number of aliphatic imine (C=N–C) groups is 1. The van der Waals surface area contributed by atoms with E-state index in [4.69, 9.17) is 0 Å². The summed E-state index contributed by atoms with van der Waals surface area (Å²) >= 11 is 0.